The Morgan fingerprint density at radius 2 is 2.24 bits per heavy atom. The van der Waals surface area contributed by atoms with Crippen molar-refractivity contribution in [2.45, 2.75) is 26.5 Å². The summed E-state index contributed by atoms with van der Waals surface area (Å²) < 4.78 is 5.53. The first-order valence-corrected chi connectivity index (χ1v) is 5.91. The largest absolute Gasteiger partial charge is 0.377 e. The second-order valence-electron chi connectivity index (χ2n) is 4.24. The van der Waals surface area contributed by atoms with Crippen molar-refractivity contribution in [3.63, 3.8) is 0 Å². The lowest BCUT2D eigenvalue weighted by atomic mass is 10.3. The molecule has 0 saturated heterocycles. The van der Waals surface area contributed by atoms with Gasteiger partial charge >= 0.3 is 0 Å². The molecule has 0 aliphatic carbocycles. The predicted molar refractivity (Wildman–Crippen MR) is 69.2 cm³/mol. The van der Waals surface area contributed by atoms with Crippen molar-refractivity contribution in [1.29, 1.82) is 0 Å². The molecule has 1 heterocycles. The molecular weight excluding hydrogens is 216 g/mol. The van der Waals surface area contributed by atoms with Gasteiger partial charge in [0.1, 0.15) is 12.1 Å². The summed E-state index contributed by atoms with van der Waals surface area (Å²) >= 11 is 0. The molecule has 0 bridgehead atoms. The first kappa shape index (κ1) is 13.9. The Balaban J connectivity index is 2.58. The lowest BCUT2D eigenvalue weighted by molar-refractivity contribution is 0.0845. The van der Waals surface area contributed by atoms with Crippen LogP contribution in [0.15, 0.2) is 12.5 Å². The molecule has 17 heavy (non-hydrogen) atoms. The van der Waals surface area contributed by atoms with Crippen molar-refractivity contribution < 1.29 is 4.74 Å². The van der Waals surface area contributed by atoms with Crippen LogP contribution in [-0.4, -0.2) is 43.3 Å². The summed E-state index contributed by atoms with van der Waals surface area (Å²) in [6.45, 7) is 6.38. The van der Waals surface area contributed by atoms with Gasteiger partial charge in [-0.2, -0.15) is 0 Å². The Morgan fingerprint density at radius 3 is 2.88 bits per heavy atom. The molecule has 0 fully saturated rings. The molecule has 5 heteroatoms. The van der Waals surface area contributed by atoms with E-state index in [0.717, 1.165) is 24.5 Å². The molecule has 1 aromatic heterocycles. The number of ether oxygens (including phenoxy) is 1. The number of nitrogens with one attached hydrogen (secondary N) is 1. The van der Waals surface area contributed by atoms with Crippen LogP contribution in [0.4, 0.5) is 5.82 Å². The fraction of sp³-hybridized carbons (Fsp3) is 0.667. The van der Waals surface area contributed by atoms with Gasteiger partial charge in [-0.15, -0.1) is 0 Å². The van der Waals surface area contributed by atoms with Crippen LogP contribution in [0.25, 0.3) is 0 Å². The summed E-state index contributed by atoms with van der Waals surface area (Å²) in [5.41, 5.74) is 1.10. The number of hydrogen-bond acceptors (Lipinski definition) is 5. The summed E-state index contributed by atoms with van der Waals surface area (Å²) in [5.74, 6) is 0.960. The van der Waals surface area contributed by atoms with Gasteiger partial charge in [-0.05, 0) is 20.9 Å². The summed E-state index contributed by atoms with van der Waals surface area (Å²) in [6, 6.07) is 0. The molecule has 1 aromatic rings. The minimum absolute atomic E-state index is 0.269. The van der Waals surface area contributed by atoms with Crippen LogP contribution in [0.3, 0.4) is 0 Å². The molecule has 96 valence electrons. The van der Waals surface area contributed by atoms with Crippen molar-refractivity contribution in [2.75, 3.05) is 32.1 Å². The number of rotatable bonds is 7. The zero-order chi connectivity index (χ0) is 12.7. The minimum atomic E-state index is 0.269. The number of aromatic nitrogens is 2. The van der Waals surface area contributed by atoms with Crippen LogP contribution in [0.2, 0.25) is 0 Å². The molecular formula is C12H22N4O. The van der Waals surface area contributed by atoms with Crippen molar-refractivity contribution in [3.8, 4) is 0 Å². The first-order chi connectivity index (χ1) is 8.15. The quantitative estimate of drug-likeness (QED) is 0.769. The maximum Gasteiger partial charge on any atom is 0.136 e. The molecule has 0 unspecified atom stereocenters. The smallest absolute Gasteiger partial charge is 0.136 e. The Hall–Kier alpha value is -1.20. The van der Waals surface area contributed by atoms with Gasteiger partial charge in [-0.1, -0.05) is 0 Å². The fourth-order valence-electron chi connectivity index (χ4n) is 1.54. The van der Waals surface area contributed by atoms with Crippen molar-refractivity contribution in [3.05, 3.63) is 18.1 Å². The van der Waals surface area contributed by atoms with E-state index in [4.69, 9.17) is 4.74 Å². The average molecular weight is 238 g/mol. The highest BCUT2D eigenvalue weighted by atomic mass is 16.5. The van der Waals surface area contributed by atoms with Crippen LogP contribution in [0.1, 0.15) is 19.4 Å². The van der Waals surface area contributed by atoms with Crippen molar-refractivity contribution in [2.24, 2.45) is 0 Å². The molecule has 0 aliphatic rings. The Labute approximate surface area is 103 Å². The highest BCUT2D eigenvalue weighted by Gasteiger charge is 2.08. The van der Waals surface area contributed by atoms with E-state index >= 15 is 0 Å². The SMILES string of the molecule is CNCc1cncnc1N(C)CCOC(C)C. The number of likely N-dealkylation sites (N-methyl/N-ethyl adjacent to an activating group) is 1. The second kappa shape index (κ2) is 7.19. The van der Waals surface area contributed by atoms with Gasteiger partial charge in [-0.25, -0.2) is 9.97 Å². The topological polar surface area (TPSA) is 50.3 Å². The van der Waals surface area contributed by atoms with Crippen LogP contribution in [0.5, 0.6) is 0 Å². The van der Waals surface area contributed by atoms with Crippen LogP contribution < -0.4 is 10.2 Å². The van der Waals surface area contributed by atoms with Crippen LogP contribution >= 0.6 is 0 Å². The molecule has 0 atom stereocenters. The second-order valence-corrected chi connectivity index (χ2v) is 4.24. The summed E-state index contributed by atoms with van der Waals surface area (Å²) in [4.78, 5) is 10.5. The van der Waals surface area contributed by atoms with Gasteiger partial charge in [0.2, 0.25) is 0 Å². The third-order valence-corrected chi connectivity index (χ3v) is 2.37. The third kappa shape index (κ3) is 4.66. The highest BCUT2D eigenvalue weighted by Crippen LogP contribution is 2.13. The average Bonchev–Trinajstić information content (AvgIpc) is 2.29. The van der Waals surface area contributed by atoms with Gasteiger partial charge in [0, 0.05) is 31.9 Å². The molecule has 5 nitrogen and oxygen atoms in total. The van der Waals surface area contributed by atoms with Gasteiger partial charge in [0.25, 0.3) is 0 Å². The Kier molecular flexibility index (Phi) is 5.86. The third-order valence-electron chi connectivity index (χ3n) is 2.37. The van der Waals surface area contributed by atoms with Crippen molar-refractivity contribution in [1.82, 2.24) is 15.3 Å². The van der Waals surface area contributed by atoms with E-state index in [1.54, 1.807) is 6.33 Å². The number of anilines is 1. The van der Waals surface area contributed by atoms with Crippen LogP contribution in [0, 0.1) is 0 Å². The number of hydrogen-bond donors (Lipinski definition) is 1. The summed E-state index contributed by atoms with van der Waals surface area (Å²) in [6.07, 6.45) is 3.69. The van der Waals surface area contributed by atoms with Gasteiger partial charge in [0.05, 0.1) is 12.7 Å². The Bertz CT molecular complexity index is 330. The number of nitrogens with zero attached hydrogens (tertiary/aromatic N) is 3. The predicted octanol–water partition coefficient (Wildman–Crippen LogP) is 1.06. The highest BCUT2D eigenvalue weighted by molar-refractivity contribution is 5.44. The lowest BCUT2D eigenvalue weighted by Gasteiger charge is -2.21. The van der Waals surface area contributed by atoms with Gasteiger partial charge in [0.15, 0.2) is 0 Å². The minimum Gasteiger partial charge on any atom is -0.377 e. The van der Waals surface area contributed by atoms with E-state index in [9.17, 15) is 0 Å². The summed E-state index contributed by atoms with van der Waals surface area (Å²) in [7, 11) is 3.93. The first-order valence-electron chi connectivity index (χ1n) is 5.91. The van der Waals surface area contributed by atoms with Gasteiger partial charge < -0.3 is 15.0 Å². The molecule has 1 N–H and O–H groups in total. The maximum absolute atomic E-state index is 5.53. The normalized spacial score (nSPS) is 10.9. The van der Waals surface area contributed by atoms with Gasteiger partial charge in [-0.3, -0.25) is 0 Å². The molecule has 0 saturated carbocycles. The molecule has 0 spiro atoms. The van der Waals surface area contributed by atoms with E-state index in [0.29, 0.717) is 6.61 Å². The van der Waals surface area contributed by atoms with E-state index in [1.807, 2.05) is 34.1 Å². The molecule has 0 aliphatic heterocycles. The molecule has 0 radical (unpaired) electrons. The zero-order valence-corrected chi connectivity index (χ0v) is 11.1. The Morgan fingerprint density at radius 1 is 1.47 bits per heavy atom. The lowest BCUT2D eigenvalue weighted by Crippen LogP contribution is -2.26. The van der Waals surface area contributed by atoms with E-state index in [2.05, 4.69) is 20.2 Å². The molecule has 0 aromatic carbocycles. The molecule has 0 amide bonds. The van der Waals surface area contributed by atoms with Crippen molar-refractivity contribution >= 4 is 5.82 Å². The van der Waals surface area contributed by atoms with E-state index < -0.39 is 0 Å². The monoisotopic (exact) mass is 238 g/mol. The standard InChI is InChI=1S/C12H22N4O/c1-10(2)17-6-5-16(4)12-11(7-13-3)8-14-9-15-12/h8-10,13H,5-7H2,1-4H3. The summed E-state index contributed by atoms with van der Waals surface area (Å²) in [5, 5.41) is 3.12. The van der Waals surface area contributed by atoms with Crippen LogP contribution in [-0.2, 0) is 11.3 Å². The zero-order valence-electron chi connectivity index (χ0n) is 11.1. The van der Waals surface area contributed by atoms with E-state index in [-0.39, 0.29) is 6.10 Å². The van der Waals surface area contributed by atoms with E-state index in [1.165, 1.54) is 0 Å². The maximum atomic E-state index is 5.53. The molecule has 1 rings (SSSR count). The fourth-order valence-corrected chi connectivity index (χ4v) is 1.54.